The van der Waals surface area contributed by atoms with Gasteiger partial charge in [-0.25, -0.2) is 23.2 Å². The molecular formula is C54H72N12O8P2S. The molecule has 0 amide bonds. The smallest absolute Gasteiger partial charge is 0.332 e. The molecule has 77 heavy (non-hydrogen) atoms. The van der Waals surface area contributed by atoms with Gasteiger partial charge in [0.05, 0.1) is 42.3 Å². The summed E-state index contributed by atoms with van der Waals surface area (Å²) < 4.78 is 50.6. The van der Waals surface area contributed by atoms with Crippen molar-refractivity contribution in [1.82, 2.24) is 28.9 Å². The Morgan fingerprint density at radius 1 is 0.818 bits per heavy atom. The summed E-state index contributed by atoms with van der Waals surface area (Å²) >= 11 is 0. The maximum Gasteiger partial charge on any atom is 0.332 e. The number of piperazine rings is 1. The normalized spacial score (nSPS) is 14.3. The number of benzene rings is 3. The summed E-state index contributed by atoms with van der Waals surface area (Å²) in [6, 6.07) is 24.5. The van der Waals surface area contributed by atoms with E-state index in [4.69, 9.17) is 9.97 Å². The number of anilines is 7. The van der Waals surface area contributed by atoms with Crippen LogP contribution in [0.3, 0.4) is 0 Å². The van der Waals surface area contributed by atoms with Crippen LogP contribution in [0.4, 0.5) is 40.1 Å². The number of rotatable bonds is 18. The quantitative estimate of drug-likeness (QED) is 0.0697. The predicted molar refractivity (Wildman–Crippen MR) is 311 cm³/mol. The van der Waals surface area contributed by atoms with E-state index in [1.807, 2.05) is 63.7 Å². The van der Waals surface area contributed by atoms with E-state index in [9.17, 15) is 42.6 Å². The Labute approximate surface area is 451 Å². The highest BCUT2D eigenvalue weighted by atomic mass is 32.2. The molecule has 1 fully saturated rings. The highest BCUT2D eigenvalue weighted by Gasteiger charge is 2.27. The summed E-state index contributed by atoms with van der Waals surface area (Å²) in [5.74, 6) is 0.901. The first-order valence-electron chi connectivity index (χ1n) is 25.5. The molecule has 23 heteroatoms. The number of fused-ring (bicyclic) bond motifs is 2. The van der Waals surface area contributed by atoms with Gasteiger partial charge in [0.2, 0.25) is 0 Å². The molecule has 5 heterocycles. The van der Waals surface area contributed by atoms with Gasteiger partial charge in [0.1, 0.15) is 30.0 Å². The van der Waals surface area contributed by atoms with Crippen molar-refractivity contribution in [2.45, 2.75) is 31.3 Å². The van der Waals surface area contributed by atoms with Gasteiger partial charge in [-0.3, -0.25) is 18.8 Å². The zero-order chi connectivity index (χ0) is 56.0. The number of nitriles is 1. The number of hydrogen-bond acceptors (Lipinski definition) is 18. The molecule has 3 aromatic carbocycles. The summed E-state index contributed by atoms with van der Waals surface area (Å²) in [5, 5.41) is 40.7. The van der Waals surface area contributed by atoms with Crippen LogP contribution in [0.5, 0.6) is 0 Å². The van der Waals surface area contributed by atoms with E-state index in [0.29, 0.717) is 47.2 Å². The summed E-state index contributed by atoms with van der Waals surface area (Å²) in [6.07, 6.45) is 2.66. The topological polar surface area (TPSA) is 251 Å². The number of aryl methyl sites for hydroxylation is 1. The van der Waals surface area contributed by atoms with Gasteiger partial charge in [-0.1, -0.05) is 18.2 Å². The van der Waals surface area contributed by atoms with E-state index in [1.165, 1.54) is 30.0 Å². The first kappa shape index (κ1) is 58.3. The second-order valence-corrected chi connectivity index (χ2v) is 29.4. The minimum atomic E-state index is -3.30. The van der Waals surface area contributed by atoms with E-state index in [0.717, 1.165) is 95.6 Å². The lowest BCUT2D eigenvalue weighted by Gasteiger charge is -2.36. The molecule has 20 nitrogen and oxygen atoms in total. The van der Waals surface area contributed by atoms with E-state index < -0.39 is 35.4 Å². The SMILES string of the molecule is CN1CCc2nc(Nc3ccc(S(C)(=O)=O)cc3)c(C#N)c(NCc3cccc(P(C)(C)=O)c3)c2C1.Cc1c(Nc2ccc(N3CCN(CCP(C)(C)=O)CC3)cc2)nc2c(c1N(CCO)CCO)c(=O)n(C)c(=O)n2C. The number of hydrogen-bond donors (Lipinski definition) is 5. The predicted octanol–water partition coefficient (Wildman–Crippen LogP) is 5.17. The molecule has 0 saturated carbocycles. The Morgan fingerprint density at radius 2 is 1.44 bits per heavy atom. The van der Waals surface area contributed by atoms with Gasteiger partial charge < -0.3 is 50.0 Å². The van der Waals surface area contributed by atoms with E-state index >= 15 is 0 Å². The van der Waals surface area contributed by atoms with Gasteiger partial charge in [0, 0.05) is 132 Å². The number of aromatic nitrogens is 4. The first-order chi connectivity index (χ1) is 36.4. The van der Waals surface area contributed by atoms with Crippen LogP contribution in [0.25, 0.3) is 11.0 Å². The average molecular weight is 1110 g/mol. The summed E-state index contributed by atoms with van der Waals surface area (Å²) in [6.45, 7) is 15.6. The second-order valence-electron chi connectivity index (χ2n) is 20.6. The number of likely N-dealkylation sites (N-methyl/N-ethyl adjacent to an activating group) is 1. The Kier molecular flexibility index (Phi) is 18.6. The van der Waals surface area contributed by atoms with Crippen LogP contribution in [0.2, 0.25) is 0 Å². The molecule has 0 aliphatic carbocycles. The second kappa shape index (κ2) is 24.5. The van der Waals surface area contributed by atoms with Crippen molar-refractivity contribution in [3.05, 3.63) is 122 Å². The molecule has 412 valence electrons. The van der Waals surface area contributed by atoms with Crippen molar-refractivity contribution >= 4 is 80.5 Å². The molecule has 0 atom stereocenters. The third-order valence-corrected chi connectivity index (χ3v) is 17.8. The van der Waals surface area contributed by atoms with E-state index in [2.05, 4.69) is 48.9 Å². The number of nitrogens with one attached hydrogen (secondary N) is 3. The molecular weight excluding hydrogens is 1040 g/mol. The highest BCUT2D eigenvalue weighted by Crippen LogP contribution is 2.38. The molecule has 0 spiro atoms. The van der Waals surface area contributed by atoms with Crippen LogP contribution in [0.15, 0.2) is 87.3 Å². The van der Waals surface area contributed by atoms with Crippen LogP contribution < -0.4 is 42.3 Å². The van der Waals surface area contributed by atoms with Gasteiger partial charge in [0.25, 0.3) is 5.56 Å². The van der Waals surface area contributed by atoms with Crippen molar-refractivity contribution in [2.24, 2.45) is 14.1 Å². The summed E-state index contributed by atoms with van der Waals surface area (Å²) in [7, 11) is -2.67. The lowest BCUT2D eigenvalue weighted by molar-refractivity contribution is 0.272. The largest absolute Gasteiger partial charge is 0.395 e. The molecule has 2 aliphatic rings. The molecule has 2 aliphatic heterocycles. The lowest BCUT2D eigenvalue weighted by Crippen LogP contribution is -2.47. The van der Waals surface area contributed by atoms with Gasteiger partial charge in [-0.15, -0.1) is 0 Å². The van der Waals surface area contributed by atoms with Gasteiger partial charge in [-0.05, 0) is 101 Å². The number of sulfone groups is 1. The van der Waals surface area contributed by atoms with Crippen LogP contribution in [-0.2, 0) is 52.6 Å². The first-order valence-corrected chi connectivity index (χ1v) is 32.7. The zero-order valence-electron chi connectivity index (χ0n) is 45.5. The number of nitrogens with zero attached hydrogens (tertiary/aromatic N) is 9. The molecule has 0 bridgehead atoms. The summed E-state index contributed by atoms with van der Waals surface area (Å²) in [5.41, 5.74) is 6.98. The number of aliphatic hydroxyl groups excluding tert-OH is 2. The third-order valence-electron chi connectivity index (χ3n) is 13.9. The minimum Gasteiger partial charge on any atom is -0.395 e. The fourth-order valence-electron chi connectivity index (χ4n) is 9.46. The zero-order valence-corrected chi connectivity index (χ0v) is 48.1. The number of aliphatic hydroxyl groups is 2. The average Bonchev–Trinajstić information content (AvgIpc) is 3.41. The van der Waals surface area contributed by atoms with E-state index in [-0.39, 0.29) is 42.2 Å². The van der Waals surface area contributed by atoms with Crippen molar-refractivity contribution in [3.63, 3.8) is 0 Å². The highest BCUT2D eigenvalue weighted by molar-refractivity contribution is 7.90. The van der Waals surface area contributed by atoms with Crippen LogP contribution in [0, 0.1) is 18.3 Å². The van der Waals surface area contributed by atoms with Gasteiger partial charge in [-0.2, -0.15) is 5.26 Å². The molecule has 8 rings (SSSR count). The van der Waals surface area contributed by atoms with Crippen molar-refractivity contribution in [2.75, 3.05) is 137 Å². The van der Waals surface area contributed by atoms with Gasteiger partial charge in [0.15, 0.2) is 21.3 Å². The van der Waals surface area contributed by atoms with Crippen molar-refractivity contribution in [1.29, 1.82) is 5.26 Å². The van der Waals surface area contributed by atoms with Crippen LogP contribution in [0.1, 0.15) is 27.9 Å². The maximum atomic E-state index is 13.3. The Bertz CT molecular complexity index is 3490. The van der Waals surface area contributed by atoms with E-state index in [1.54, 1.807) is 37.4 Å². The fourth-order valence-corrected chi connectivity index (χ4v) is 11.8. The molecule has 1 saturated heterocycles. The third kappa shape index (κ3) is 14.2. The molecule has 3 aromatic heterocycles. The fraction of sp³-hybridized carbons (Fsp3) is 0.426. The van der Waals surface area contributed by atoms with Crippen molar-refractivity contribution in [3.8, 4) is 6.07 Å². The minimum absolute atomic E-state index is 0.175. The van der Waals surface area contributed by atoms with Gasteiger partial charge >= 0.3 is 5.69 Å². The number of pyridine rings is 2. The Hall–Kier alpha value is -6.36. The van der Waals surface area contributed by atoms with Crippen LogP contribution in [-0.4, -0.2) is 159 Å². The molecule has 5 N–H and O–H groups in total. The standard InChI is InChI=1S/C28H42N7O5P.C26H30N5O3PS/c1-20-24(35(14-17-36)15-18-37)23-26(31(2)28(39)32(3)27(23)38)30-25(20)29-21-6-8-22(9-7-21)34-12-10-33(11-13-34)16-19-41(4,5)40;1-31-13-12-24-23(17-31)25(28-16-18-6-5-7-20(14-18)35(2,3)32)22(15-27)26(30-24)29-19-8-10-21(11-9-19)36(4,33)34/h6-9,36-37H,10-19H2,1-5H3,(H,29,30);5-11,14H,12-13,16-17H2,1-4H3,(H2,28,29,30). The monoisotopic (exact) mass is 1110 g/mol. The van der Waals surface area contributed by atoms with Crippen LogP contribution >= 0.6 is 14.3 Å². The Balaban J connectivity index is 0.000000225. The van der Waals surface area contributed by atoms with Crippen molar-refractivity contribution < 1.29 is 27.8 Å². The molecule has 0 radical (unpaired) electrons. The Morgan fingerprint density at radius 3 is 2.03 bits per heavy atom. The molecule has 6 aromatic rings. The maximum absolute atomic E-state index is 13.3. The molecule has 0 unspecified atom stereocenters. The lowest BCUT2D eigenvalue weighted by atomic mass is 10.00. The summed E-state index contributed by atoms with van der Waals surface area (Å²) in [4.78, 5) is 44.4.